The Labute approximate surface area is 163 Å². The lowest BCUT2D eigenvalue weighted by molar-refractivity contribution is -0.128. The van der Waals surface area contributed by atoms with Crippen LogP contribution in [-0.2, 0) is 14.8 Å². The Morgan fingerprint density at radius 1 is 1.08 bits per heavy atom. The lowest BCUT2D eigenvalue weighted by Crippen LogP contribution is -2.50. The average molecular weight is 404 g/mol. The summed E-state index contributed by atoms with van der Waals surface area (Å²) in [5.74, 6) is 0.0353. The van der Waals surface area contributed by atoms with Gasteiger partial charge in [-0.1, -0.05) is 38.5 Å². The van der Waals surface area contributed by atoms with Crippen LogP contribution in [-0.4, -0.2) is 62.8 Å². The van der Waals surface area contributed by atoms with Gasteiger partial charge in [0.1, 0.15) is 0 Å². The molecule has 1 aromatic carbocycles. The molecule has 0 saturated carbocycles. The molecule has 1 aliphatic rings. The summed E-state index contributed by atoms with van der Waals surface area (Å²) in [4.78, 5) is 14.4. The number of aryl methyl sites for hydroxylation is 1. The average Bonchev–Trinajstić information content (AvgIpc) is 2.55. The van der Waals surface area contributed by atoms with Gasteiger partial charge in [0, 0.05) is 44.7 Å². The highest BCUT2D eigenvalue weighted by molar-refractivity contribution is 7.89. The molecule has 1 fully saturated rings. The van der Waals surface area contributed by atoms with Crippen molar-refractivity contribution >= 4 is 28.3 Å². The maximum atomic E-state index is 12.7. The number of rotatable bonds is 5. The molecule has 2 rings (SSSR count). The highest BCUT2D eigenvalue weighted by atomic mass is 35.5. The SMILES string of the molecule is Cc1ccc(S(=O)(=O)N2CCN(CCNC(=O)C(C)(C)C)CC2)cc1.Cl. The van der Waals surface area contributed by atoms with Crippen molar-refractivity contribution in [2.75, 3.05) is 39.3 Å². The Bertz CT molecular complexity index is 691. The van der Waals surface area contributed by atoms with Crippen LogP contribution in [0.1, 0.15) is 26.3 Å². The number of amides is 1. The summed E-state index contributed by atoms with van der Waals surface area (Å²) in [7, 11) is -3.42. The van der Waals surface area contributed by atoms with Crippen molar-refractivity contribution in [2.45, 2.75) is 32.6 Å². The molecule has 0 aromatic heterocycles. The van der Waals surface area contributed by atoms with Gasteiger partial charge in [0.2, 0.25) is 15.9 Å². The summed E-state index contributed by atoms with van der Waals surface area (Å²) in [5.41, 5.74) is 0.655. The van der Waals surface area contributed by atoms with E-state index in [0.29, 0.717) is 37.6 Å². The van der Waals surface area contributed by atoms with E-state index in [-0.39, 0.29) is 23.7 Å². The van der Waals surface area contributed by atoms with Gasteiger partial charge in [0.05, 0.1) is 4.90 Å². The first-order valence-corrected chi connectivity index (χ1v) is 10.1. The van der Waals surface area contributed by atoms with Gasteiger partial charge < -0.3 is 5.32 Å². The third-order valence-corrected chi connectivity index (χ3v) is 6.30. The van der Waals surface area contributed by atoms with Crippen LogP contribution in [0, 0.1) is 12.3 Å². The van der Waals surface area contributed by atoms with Gasteiger partial charge in [-0.2, -0.15) is 4.31 Å². The number of hydrogen-bond donors (Lipinski definition) is 1. The van der Waals surface area contributed by atoms with E-state index in [1.165, 1.54) is 0 Å². The molecule has 0 radical (unpaired) electrons. The van der Waals surface area contributed by atoms with Crippen molar-refractivity contribution in [3.05, 3.63) is 29.8 Å². The number of benzene rings is 1. The first kappa shape index (κ1) is 22.9. The van der Waals surface area contributed by atoms with Crippen LogP contribution in [0.2, 0.25) is 0 Å². The normalized spacial score (nSPS) is 16.8. The molecule has 1 saturated heterocycles. The summed E-state index contributed by atoms with van der Waals surface area (Å²) in [6, 6.07) is 6.97. The van der Waals surface area contributed by atoms with Crippen molar-refractivity contribution in [1.29, 1.82) is 0 Å². The second kappa shape index (κ2) is 9.17. The lowest BCUT2D eigenvalue weighted by atomic mass is 9.96. The number of carbonyl (C=O) groups is 1. The second-order valence-electron chi connectivity index (χ2n) is 7.56. The van der Waals surface area contributed by atoms with Crippen LogP contribution < -0.4 is 5.32 Å². The molecule has 6 nitrogen and oxygen atoms in total. The Morgan fingerprint density at radius 2 is 1.62 bits per heavy atom. The van der Waals surface area contributed by atoms with Crippen molar-refractivity contribution in [3.8, 4) is 0 Å². The van der Waals surface area contributed by atoms with E-state index in [9.17, 15) is 13.2 Å². The largest absolute Gasteiger partial charge is 0.354 e. The zero-order chi connectivity index (χ0) is 18.7. The van der Waals surface area contributed by atoms with Crippen LogP contribution in [0.15, 0.2) is 29.2 Å². The summed E-state index contributed by atoms with van der Waals surface area (Å²) in [6.45, 7) is 11.2. The van der Waals surface area contributed by atoms with Crippen molar-refractivity contribution in [3.63, 3.8) is 0 Å². The maximum absolute atomic E-state index is 12.7. The van der Waals surface area contributed by atoms with E-state index in [2.05, 4.69) is 10.2 Å². The molecular formula is C18H30ClN3O3S. The smallest absolute Gasteiger partial charge is 0.243 e. The molecule has 1 aliphatic heterocycles. The monoisotopic (exact) mass is 403 g/mol. The van der Waals surface area contributed by atoms with Crippen LogP contribution in [0.4, 0.5) is 0 Å². The fraction of sp³-hybridized carbons (Fsp3) is 0.611. The highest BCUT2D eigenvalue weighted by Crippen LogP contribution is 2.18. The Hall–Kier alpha value is -1.15. The van der Waals surface area contributed by atoms with E-state index in [1.54, 1.807) is 16.4 Å². The molecule has 1 aromatic rings. The Balaban J connectivity index is 0.00000338. The predicted octanol–water partition coefficient (Wildman–Crippen LogP) is 1.89. The maximum Gasteiger partial charge on any atom is 0.243 e. The van der Waals surface area contributed by atoms with Gasteiger partial charge in [0.15, 0.2) is 0 Å². The molecular weight excluding hydrogens is 374 g/mol. The van der Waals surface area contributed by atoms with Gasteiger partial charge in [0.25, 0.3) is 0 Å². The fourth-order valence-electron chi connectivity index (χ4n) is 2.65. The molecule has 26 heavy (non-hydrogen) atoms. The molecule has 0 unspecified atom stereocenters. The Morgan fingerprint density at radius 3 is 2.12 bits per heavy atom. The van der Waals surface area contributed by atoms with Crippen molar-refractivity contribution in [2.24, 2.45) is 5.41 Å². The minimum Gasteiger partial charge on any atom is -0.354 e. The number of sulfonamides is 1. The van der Waals surface area contributed by atoms with Gasteiger partial charge in [-0.3, -0.25) is 9.69 Å². The van der Waals surface area contributed by atoms with Gasteiger partial charge in [-0.05, 0) is 19.1 Å². The molecule has 8 heteroatoms. The summed E-state index contributed by atoms with van der Waals surface area (Å²) in [5, 5.41) is 2.93. The molecule has 148 valence electrons. The van der Waals surface area contributed by atoms with E-state index in [4.69, 9.17) is 0 Å². The van der Waals surface area contributed by atoms with E-state index >= 15 is 0 Å². The molecule has 0 atom stereocenters. The van der Waals surface area contributed by atoms with Crippen LogP contribution in [0.3, 0.4) is 0 Å². The number of halogens is 1. The molecule has 1 N–H and O–H groups in total. The van der Waals surface area contributed by atoms with Crippen molar-refractivity contribution < 1.29 is 13.2 Å². The number of hydrogen-bond acceptors (Lipinski definition) is 4. The first-order chi connectivity index (χ1) is 11.6. The fourth-order valence-corrected chi connectivity index (χ4v) is 4.07. The highest BCUT2D eigenvalue weighted by Gasteiger charge is 2.28. The van der Waals surface area contributed by atoms with Gasteiger partial charge >= 0.3 is 0 Å². The van der Waals surface area contributed by atoms with Crippen LogP contribution >= 0.6 is 12.4 Å². The standard InChI is InChI=1S/C18H29N3O3S.ClH/c1-15-5-7-16(8-6-15)25(23,24)21-13-11-20(12-14-21)10-9-19-17(22)18(2,3)4;/h5-8H,9-14H2,1-4H3,(H,19,22);1H. The van der Waals surface area contributed by atoms with Gasteiger partial charge in [-0.15, -0.1) is 12.4 Å². The van der Waals surface area contributed by atoms with Crippen LogP contribution in [0.25, 0.3) is 0 Å². The first-order valence-electron chi connectivity index (χ1n) is 8.68. The quantitative estimate of drug-likeness (QED) is 0.815. The molecule has 0 aliphatic carbocycles. The number of nitrogens with one attached hydrogen (secondary N) is 1. The van der Waals surface area contributed by atoms with E-state index in [1.807, 2.05) is 39.8 Å². The molecule has 0 bridgehead atoms. The van der Waals surface area contributed by atoms with Gasteiger partial charge in [-0.25, -0.2) is 8.42 Å². The van der Waals surface area contributed by atoms with Crippen molar-refractivity contribution in [1.82, 2.24) is 14.5 Å². The number of piperazine rings is 1. The minimum absolute atomic E-state index is 0. The topological polar surface area (TPSA) is 69.7 Å². The number of carbonyl (C=O) groups excluding carboxylic acids is 1. The summed E-state index contributed by atoms with van der Waals surface area (Å²) < 4.78 is 26.9. The predicted molar refractivity (Wildman–Crippen MR) is 106 cm³/mol. The van der Waals surface area contributed by atoms with Crippen LogP contribution in [0.5, 0.6) is 0 Å². The van der Waals surface area contributed by atoms with E-state index < -0.39 is 10.0 Å². The molecule has 0 spiro atoms. The number of nitrogens with zero attached hydrogens (tertiary/aromatic N) is 2. The minimum atomic E-state index is -3.42. The molecule has 1 heterocycles. The zero-order valence-electron chi connectivity index (χ0n) is 16.0. The zero-order valence-corrected chi connectivity index (χ0v) is 17.6. The third kappa shape index (κ3) is 5.94. The lowest BCUT2D eigenvalue weighted by Gasteiger charge is -2.34. The summed E-state index contributed by atoms with van der Waals surface area (Å²) in [6.07, 6.45) is 0. The second-order valence-corrected chi connectivity index (χ2v) is 9.50. The molecule has 1 amide bonds. The Kier molecular flexibility index (Phi) is 8.07. The summed E-state index contributed by atoms with van der Waals surface area (Å²) >= 11 is 0. The third-order valence-electron chi connectivity index (χ3n) is 4.38. The van der Waals surface area contributed by atoms with E-state index in [0.717, 1.165) is 12.1 Å².